The summed E-state index contributed by atoms with van der Waals surface area (Å²) in [5.74, 6) is 0. The highest BCUT2D eigenvalue weighted by atomic mass is 14.3. The molecule has 0 fully saturated rings. The Hall–Kier alpha value is -1.43. The topological polar surface area (TPSA) is 0 Å². The van der Waals surface area contributed by atoms with Gasteiger partial charge in [0.05, 0.1) is 5.39 Å². The van der Waals surface area contributed by atoms with Crippen LogP contribution < -0.4 is 0 Å². The minimum atomic E-state index is 0.288. The lowest BCUT2D eigenvalue weighted by Gasteiger charge is -2.25. The zero-order valence-electron chi connectivity index (χ0n) is 10.2. The molecule has 0 unspecified atom stereocenters. The first-order valence-corrected chi connectivity index (χ1v) is 5.94. The van der Waals surface area contributed by atoms with E-state index in [2.05, 4.69) is 57.5 Å². The molecule has 0 heteroatoms. The first-order valence-electron chi connectivity index (χ1n) is 5.94. The van der Waals surface area contributed by atoms with E-state index < -0.39 is 0 Å². The molecule has 0 bridgehead atoms. The highest BCUT2D eigenvalue weighted by Crippen LogP contribution is 2.40. The van der Waals surface area contributed by atoms with Gasteiger partial charge in [0.15, 0.2) is 0 Å². The standard InChI is InChI=1S/C16H17/c1-11-7-8-13-10-16(2,3)9-12-5-4-6-14(11)15(12)13/h4-8,10H,9H2,1-3H3/q+1. The third-order valence-corrected chi connectivity index (χ3v) is 3.57. The Morgan fingerprint density at radius 2 is 1.94 bits per heavy atom. The van der Waals surface area contributed by atoms with Gasteiger partial charge in [0.25, 0.3) is 0 Å². The number of hydrogen-bond donors (Lipinski definition) is 0. The van der Waals surface area contributed by atoms with Crippen molar-refractivity contribution in [3.05, 3.63) is 53.4 Å². The number of benzene rings is 2. The monoisotopic (exact) mass is 209 g/mol. The molecule has 0 nitrogen and oxygen atoms in total. The van der Waals surface area contributed by atoms with E-state index in [9.17, 15) is 0 Å². The van der Waals surface area contributed by atoms with Crippen LogP contribution in [0.2, 0.25) is 0 Å². The Morgan fingerprint density at radius 3 is 2.75 bits per heavy atom. The van der Waals surface area contributed by atoms with Gasteiger partial charge in [0.1, 0.15) is 5.56 Å². The maximum absolute atomic E-state index is 2.42. The molecule has 1 aliphatic carbocycles. The predicted molar refractivity (Wildman–Crippen MR) is 69.6 cm³/mol. The quantitative estimate of drug-likeness (QED) is 0.568. The van der Waals surface area contributed by atoms with E-state index in [1.54, 1.807) is 0 Å². The summed E-state index contributed by atoms with van der Waals surface area (Å²) in [6.07, 6.45) is 3.57. The highest BCUT2D eigenvalue weighted by molar-refractivity contribution is 5.93. The molecule has 2 aromatic carbocycles. The average Bonchev–Trinajstić information content (AvgIpc) is 2.21. The van der Waals surface area contributed by atoms with Crippen molar-refractivity contribution in [1.82, 2.24) is 0 Å². The second-order valence-corrected chi connectivity index (χ2v) is 5.62. The third-order valence-electron chi connectivity index (χ3n) is 3.57. The fourth-order valence-corrected chi connectivity index (χ4v) is 2.89. The minimum absolute atomic E-state index is 0.288. The van der Waals surface area contributed by atoms with Gasteiger partial charge in [-0.15, -0.1) is 0 Å². The van der Waals surface area contributed by atoms with Crippen LogP contribution in [-0.2, 0) is 6.42 Å². The van der Waals surface area contributed by atoms with Gasteiger partial charge in [0.2, 0.25) is 0 Å². The lowest BCUT2D eigenvalue weighted by Crippen LogP contribution is -2.20. The molecule has 80 valence electrons. The highest BCUT2D eigenvalue weighted by Gasteiger charge is 2.33. The van der Waals surface area contributed by atoms with E-state index >= 15 is 0 Å². The van der Waals surface area contributed by atoms with Crippen molar-refractivity contribution in [3.8, 4) is 0 Å². The van der Waals surface area contributed by atoms with Crippen LogP contribution >= 0.6 is 0 Å². The average molecular weight is 209 g/mol. The van der Waals surface area contributed by atoms with Crippen molar-refractivity contribution >= 4 is 10.8 Å². The van der Waals surface area contributed by atoms with Gasteiger partial charge in [0, 0.05) is 35.3 Å². The van der Waals surface area contributed by atoms with Crippen molar-refractivity contribution < 1.29 is 0 Å². The van der Waals surface area contributed by atoms with Crippen molar-refractivity contribution in [1.29, 1.82) is 0 Å². The molecule has 16 heavy (non-hydrogen) atoms. The SMILES string of the molecule is Cc1ccc2c3c(cccc13)CC(C)(C)[CH+]2. The second-order valence-electron chi connectivity index (χ2n) is 5.62. The molecule has 0 saturated carbocycles. The van der Waals surface area contributed by atoms with E-state index in [4.69, 9.17) is 0 Å². The summed E-state index contributed by atoms with van der Waals surface area (Å²) in [6.45, 7) is 6.83. The van der Waals surface area contributed by atoms with Crippen LogP contribution in [0.1, 0.15) is 30.5 Å². The molecule has 0 heterocycles. The largest absolute Gasteiger partial charge is 0.138 e. The molecule has 0 spiro atoms. The molecule has 0 aromatic heterocycles. The van der Waals surface area contributed by atoms with Crippen LogP contribution in [0, 0.1) is 18.8 Å². The molecule has 1 aliphatic rings. The van der Waals surface area contributed by atoms with Gasteiger partial charge < -0.3 is 0 Å². The van der Waals surface area contributed by atoms with Crippen LogP contribution in [0.5, 0.6) is 0 Å². The Kier molecular flexibility index (Phi) is 1.85. The molecular formula is C16H17+. The predicted octanol–water partition coefficient (Wildman–Crippen LogP) is 4.28. The van der Waals surface area contributed by atoms with Crippen LogP contribution in [-0.4, -0.2) is 0 Å². The molecule has 0 atom stereocenters. The van der Waals surface area contributed by atoms with Crippen molar-refractivity contribution in [2.75, 3.05) is 0 Å². The molecule has 0 radical (unpaired) electrons. The summed E-state index contributed by atoms with van der Waals surface area (Å²) in [4.78, 5) is 0. The lowest BCUT2D eigenvalue weighted by atomic mass is 9.73. The first-order chi connectivity index (χ1) is 7.57. The van der Waals surface area contributed by atoms with Crippen LogP contribution in [0.25, 0.3) is 10.8 Å². The molecule has 3 rings (SSSR count). The van der Waals surface area contributed by atoms with E-state index in [1.165, 1.54) is 27.5 Å². The van der Waals surface area contributed by atoms with E-state index in [-0.39, 0.29) is 5.41 Å². The Labute approximate surface area is 97.3 Å². The molecule has 0 saturated heterocycles. The fourth-order valence-electron chi connectivity index (χ4n) is 2.89. The summed E-state index contributed by atoms with van der Waals surface area (Å²) >= 11 is 0. The maximum atomic E-state index is 2.42. The molecule has 0 aliphatic heterocycles. The zero-order chi connectivity index (χ0) is 11.3. The zero-order valence-corrected chi connectivity index (χ0v) is 10.2. The van der Waals surface area contributed by atoms with Crippen molar-refractivity contribution in [3.63, 3.8) is 0 Å². The summed E-state index contributed by atoms with van der Waals surface area (Å²) in [5.41, 5.74) is 4.58. The number of hydrogen-bond acceptors (Lipinski definition) is 0. The Balaban J connectivity index is 2.39. The van der Waals surface area contributed by atoms with Crippen molar-refractivity contribution in [2.45, 2.75) is 27.2 Å². The Morgan fingerprint density at radius 1 is 1.12 bits per heavy atom. The van der Waals surface area contributed by atoms with Gasteiger partial charge in [-0.05, 0) is 44.5 Å². The van der Waals surface area contributed by atoms with Gasteiger partial charge in [-0.3, -0.25) is 0 Å². The van der Waals surface area contributed by atoms with Gasteiger partial charge in [-0.2, -0.15) is 0 Å². The maximum Gasteiger partial charge on any atom is 0.138 e. The second kappa shape index (κ2) is 3.04. The first kappa shape index (κ1) is 9.77. The summed E-state index contributed by atoms with van der Waals surface area (Å²) < 4.78 is 0. The summed E-state index contributed by atoms with van der Waals surface area (Å²) in [7, 11) is 0. The lowest BCUT2D eigenvalue weighted by molar-refractivity contribution is 0.440. The van der Waals surface area contributed by atoms with Gasteiger partial charge in [-0.25, -0.2) is 0 Å². The Bertz CT molecular complexity index is 547. The summed E-state index contributed by atoms with van der Waals surface area (Å²) in [5, 5.41) is 2.89. The van der Waals surface area contributed by atoms with Crippen LogP contribution in [0.4, 0.5) is 0 Å². The third kappa shape index (κ3) is 1.33. The smallest absolute Gasteiger partial charge is 0.0590 e. The van der Waals surface area contributed by atoms with Crippen molar-refractivity contribution in [2.24, 2.45) is 5.41 Å². The van der Waals surface area contributed by atoms with Gasteiger partial charge >= 0.3 is 0 Å². The molecule has 0 N–H and O–H groups in total. The van der Waals surface area contributed by atoms with Gasteiger partial charge in [-0.1, -0.05) is 6.07 Å². The van der Waals surface area contributed by atoms with E-state index in [1.807, 2.05) is 0 Å². The molecular weight excluding hydrogens is 192 g/mol. The number of aryl methyl sites for hydroxylation is 1. The number of rotatable bonds is 0. The van der Waals surface area contributed by atoms with Crippen LogP contribution in [0.15, 0.2) is 30.3 Å². The van der Waals surface area contributed by atoms with E-state index in [0.29, 0.717) is 0 Å². The minimum Gasteiger partial charge on any atom is -0.0590 e. The fraction of sp³-hybridized carbons (Fsp3) is 0.312. The normalized spacial score (nSPS) is 17.2. The molecule has 2 aromatic rings. The van der Waals surface area contributed by atoms with E-state index in [0.717, 1.165) is 6.42 Å². The summed E-state index contributed by atoms with van der Waals surface area (Å²) in [6, 6.07) is 11.2. The van der Waals surface area contributed by atoms with Crippen LogP contribution in [0.3, 0.4) is 0 Å². The molecule has 0 amide bonds.